The number of nitrogens with zero attached hydrogens (tertiary/aromatic N) is 3. The van der Waals surface area contributed by atoms with Crippen LogP contribution in [0.5, 0.6) is 0 Å². The Bertz CT molecular complexity index is 771. The molecule has 0 unspecified atom stereocenters. The van der Waals surface area contributed by atoms with E-state index in [1.807, 2.05) is 0 Å². The molecule has 4 nitrogen and oxygen atoms in total. The van der Waals surface area contributed by atoms with Gasteiger partial charge in [-0.2, -0.15) is 5.10 Å². The van der Waals surface area contributed by atoms with Crippen LogP contribution < -0.4 is 0 Å². The van der Waals surface area contributed by atoms with Crippen LogP contribution in [0.2, 0.25) is 0 Å². The Balaban J connectivity index is 2.04. The zero-order valence-corrected chi connectivity index (χ0v) is 14.0. The van der Waals surface area contributed by atoms with Gasteiger partial charge in [0.1, 0.15) is 5.01 Å². The molecule has 0 amide bonds. The molecule has 22 heavy (non-hydrogen) atoms. The smallest absolute Gasteiger partial charge is 0.213 e. The van der Waals surface area contributed by atoms with Crippen LogP contribution >= 0.6 is 11.3 Å². The van der Waals surface area contributed by atoms with Crippen molar-refractivity contribution in [2.45, 2.75) is 46.1 Å². The van der Waals surface area contributed by atoms with E-state index in [9.17, 15) is 5.11 Å². The van der Waals surface area contributed by atoms with Crippen molar-refractivity contribution < 1.29 is 5.11 Å². The van der Waals surface area contributed by atoms with Crippen LogP contribution in [0.1, 0.15) is 49.4 Å². The van der Waals surface area contributed by atoms with Gasteiger partial charge in [-0.1, -0.05) is 56.4 Å². The van der Waals surface area contributed by atoms with E-state index in [2.05, 4.69) is 50.1 Å². The average Bonchev–Trinajstić information content (AvgIpc) is 3.04. The highest BCUT2D eigenvalue weighted by Gasteiger charge is 2.17. The van der Waals surface area contributed by atoms with E-state index >= 15 is 0 Å². The lowest BCUT2D eigenvalue weighted by Crippen LogP contribution is -1.97. The maximum Gasteiger partial charge on any atom is 0.213 e. The van der Waals surface area contributed by atoms with Crippen molar-refractivity contribution in [2.24, 2.45) is 0 Å². The number of imidazole rings is 1. The first-order valence-electron chi connectivity index (χ1n) is 7.72. The molecule has 0 aliphatic carbocycles. The zero-order chi connectivity index (χ0) is 15.7. The number of rotatable bonds is 5. The summed E-state index contributed by atoms with van der Waals surface area (Å²) < 4.78 is 1.79. The van der Waals surface area contributed by atoms with Gasteiger partial charge in [0, 0.05) is 12.0 Å². The van der Waals surface area contributed by atoms with Crippen LogP contribution in [0.15, 0.2) is 24.3 Å². The molecule has 1 aromatic carbocycles. The average molecular weight is 315 g/mol. The van der Waals surface area contributed by atoms with Crippen molar-refractivity contribution in [3.05, 3.63) is 40.5 Å². The van der Waals surface area contributed by atoms with Gasteiger partial charge in [-0.15, -0.1) is 0 Å². The quantitative estimate of drug-likeness (QED) is 0.773. The molecule has 3 aromatic rings. The number of aliphatic hydroxyl groups excluding tert-OH is 1. The lowest BCUT2D eigenvalue weighted by atomic mass is 10.0. The number of aliphatic hydroxyl groups is 1. The number of hydrogen-bond acceptors (Lipinski definition) is 4. The van der Waals surface area contributed by atoms with Crippen molar-refractivity contribution >= 4 is 16.3 Å². The molecule has 1 N–H and O–H groups in total. The minimum atomic E-state index is -0.0578. The minimum Gasteiger partial charge on any atom is -0.390 e. The number of benzene rings is 1. The lowest BCUT2D eigenvalue weighted by Gasteiger charge is -2.06. The molecule has 0 saturated carbocycles. The first-order valence-corrected chi connectivity index (χ1v) is 8.54. The van der Waals surface area contributed by atoms with E-state index < -0.39 is 0 Å². The molecule has 5 heteroatoms. The summed E-state index contributed by atoms with van der Waals surface area (Å²) in [5.74, 6) is 0.509. The van der Waals surface area contributed by atoms with Crippen molar-refractivity contribution in [3.8, 4) is 11.3 Å². The molecule has 0 aliphatic heterocycles. The molecular formula is C17H21N3OS. The Hall–Kier alpha value is -1.72. The van der Waals surface area contributed by atoms with Gasteiger partial charge in [0.2, 0.25) is 4.96 Å². The fourth-order valence-electron chi connectivity index (χ4n) is 2.54. The monoisotopic (exact) mass is 315 g/mol. The first-order chi connectivity index (χ1) is 10.6. The highest BCUT2D eigenvalue weighted by Crippen LogP contribution is 2.28. The fraction of sp³-hybridized carbons (Fsp3) is 0.412. The lowest BCUT2D eigenvalue weighted by molar-refractivity contribution is 0.275. The molecule has 0 radical (unpaired) electrons. The predicted molar refractivity (Wildman–Crippen MR) is 90.3 cm³/mol. The molecule has 0 bridgehead atoms. The fourth-order valence-corrected chi connectivity index (χ4v) is 3.56. The van der Waals surface area contributed by atoms with E-state index in [1.54, 1.807) is 15.9 Å². The molecule has 2 heterocycles. The third-order valence-corrected chi connectivity index (χ3v) is 4.77. The third-order valence-electron chi connectivity index (χ3n) is 3.80. The van der Waals surface area contributed by atoms with Gasteiger partial charge in [0.25, 0.3) is 0 Å². The Labute approximate surface area is 134 Å². The van der Waals surface area contributed by atoms with Gasteiger partial charge in [0.05, 0.1) is 18.0 Å². The number of fused-ring (bicyclic) bond motifs is 1. The standard InChI is InChI=1S/C17H21N3OS/c1-4-5-15-19-20-14(10-21)16(18-17(20)22-15)13-8-6-12(7-9-13)11(2)3/h6-9,11,21H,4-5,10H2,1-3H3. The maximum absolute atomic E-state index is 9.75. The van der Waals surface area contributed by atoms with Gasteiger partial charge in [-0.3, -0.25) is 0 Å². The van der Waals surface area contributed by atoms with Crippen molar-refractivity contribution in [1.82, 2.24) is 14.6 Å². The molecule has 0 spiro atoms. The summed E-state index contributed by atoms with van der Waals surface area (Å²) >= 11 is 1.60. The summed E-state index contributed by atoms with van der Waals surface area (Å²) in [6, 6.07) is 8.41. The summed E-state index contributed by atoms with van der Waals surface area (Å²) in [5, 5.41) is 15.4. The Morgan fingerprint density at radius 3 is 2.55 bits per heavy atom. The number of aryl methyl sites for hydroxylation is 1. The van der Waals surface area contributed by atoms with Crippen molar-refractivity contribution in [2.75, 3.05) is 0 Å². The summed E-state index contributed by atoms with van der Waals surface area (Å²) in [7, 11) is 0. The Morgan fingerprint density at radius 1 is 1.23 bits per heavy atom. The summed E-state index contributed by atoms with van der Waals surface area (Å²) in [6.45, 7) is 6.44. The minimum absolute atomic E-state index is 0.0578. The second-order valence-electron chi connectivity index (χ2n) is 5.78. The van der Waals surface area contributed by atoms with Crippen molar-refractivity contribution in [1.29, 1.82) is 0 Å². The second-order valence-corrected chi connectivity index (χ2v) is 6.82. The maximum atomic E-state index is 9.75. The normalized spacial score (nSPS) is 11.7. The van der Waals surface area contributed by atoms with Crippen LogP contribution in [0, 0.1) is 0 Å². The van der Waals surface area contributed by atoms with Crippen molar-refractivity contribution in [3.63, 3.8) is 0 Å². The molecular weight excluding hydrogens is 294 g/mol. The molecule has 3 rings (SSSR count). The van der Waals surface area contributed by atoms with E-state index in [0.29, 0.717) is 5.92 Å². The molecule has 0 atom stereocenters. The van der Waals surface area contributed by atoms with E-state index in [4.69, 9.17) is 4.98 Å². The predicted octanol–water partition coefficient (Wildman–Crippen LogP) is 4.03. The van der Waals surface area contributed by atoms with E-state index in [-0.39, 0.29) is 6.61 Å². The topological polar surface area (TPSA) is 50.4 Å². The first kappa shape index (κ1) is 15.2. The third kappa shape index (κ3) is 2.66. The molecule has 116 valence electrons. The van der Waals surface area contributed by atoms with Gasteiger partial charge < -0.3 is 5.11 Å². The number of aromatic nitrogens is 3. The van der Waals surface area contributed by atoms with Gasteiger partial charge >= 0.3 is 0 Å². The summed E-state index contributed by atoms with van der Waals surface area (Å²) in [5.41, 5.74) is 3.94. The second kappa shape index (κ2) is 6.18. The largest absolute Gasteiger partial charge is 0.390 e. The SMILES string of the molecule is CCCc1nn2c(CO)c(-c3ccc(C(C)C)cc3)nc2s1. The van der Waals surface area contributed by atoms with Crippen LogP contribution in [-0.4, -0.2) is 19.7 Å². The number of hydrogen-bond donors (Lipinski definition) is 1. The highest BCUT2D eigenvalue weighted by molar-refractivity contribution is 7.16. The molecule has 0 aliphatic rings. The van der Waals surface area contributed by atoms with Crippen LogP contribution in [0.3, 0.4) is 0 Å². The highest BCUT2D eigenvalue weighted by atomic mass is 32.1. The van der Waals surface area contributed by atoms with Gasteiger partial charge in [-0.25, -0.2) is 9.50 Å². The van der Waals surface area contributed by atoms with Crippen LogP contribution in [0.25, 0.3) is 16.2 Å². The zero-order valence-electron chi connectivity index (χ0n) is 13.2. The molecule has 0 saturated heterocycles. The Kier molecular flexibility index (Phi) is 4.27. The van der Waals surface area contributed by atoms with Gasteiger partial charge in [0.15, 0.2) is 0 Å². The van der Waals surface area contributed by atoms with Crippen LogP contribution in [-0.2, 0) is 13.0 Å². The summed E-state index contributed by atoms with van der Waals surface area (Å²) in [6.07, 6.45) is 2.02. The molecule has 0 fully saturated rings. The van der Waals surface area contributed by atoms with E-state index in [0.717, 1.165) is 39.8 Å². The van der Waals surface area contributed by atoms with E-state index in [1.165, 1.54) is 5.56 Å². The molecule has 2 aromatic heterocycles. The van der Waals surface area contributed by atoms with Gasteiger partial charge in [-0.05, 0) is 17.9 Å². The van der Waals surface area contributed by atoms with Crippen LogP contribution in [0.4, 0.5) is 0 Å². The Morgan fingerprint density at radius 2 is 1.95 bits per heavy atom. The summed E-state index contributed by atoms with van der Waals surface area (Å²) in [4.78, 5) is 5.55.